The van der Waals surface area contributed by atoms with Gasteiger partial charge < -0.3 is 9.67 Å². The van der Waals surface area contributed by atoms with E-state index in [2.05, 4.69) is 15.2 Å². The lowest BCUT2D eigenvalue weighted by molar-refractivity contribution is 0.0695. The van der Waals surface area contributed by atoms with E-state index in [4.69, 9.17) is 5.11 Å². The third-order valence-corrected chi connectivity index (χ3v) is 3.34. The fourth-order valence-corrected chi connectivity index (χ4v) is 2.26. The van der Waals surface area contributed by atoms with Gasteiger partial charge in [0.1, 0.15) is 22.7 Å². The Morgan fingerprint density at radius 2 is 2.27 bits per heavy atom. The summed E-state index contributed by atoms with van der Waals surface area (Å²) in [6.07, 6.45) is 4.12. The fourth-order valence-electron chi connectivity index (χ4n) is 2.26. The summed E-state index contributed by atoms with van der Waals surface area (Å²) in [5.41, 5.74) is -0.443. The number of aromatic nitrogens is 4. The molecule has 0 saturated carbocycles. The zero-order chi connectivity index (χ0) is 15.9. The molecule has 3 rings (SSSR count). The molecule has 0 aliphatic heterocycles. The van der Waals surface area contributed by atoms with Crippen LogP contribution in [0.25, 0.3) is 22.3 Å². The van der Waals surface area contributed by atoms with Crippen molar-refractivity contribution in [1.82, 2.24) is 19.7 Å². The predicted octanol–water partition coefficient (Wildman–Crippen LogP) is 1.64. The van der Waals surface area contributed by atoms with Gasteiger partial charge in [-0.15, -0.1) is 0 Å². The molecule has 3 aromatic heterocycles. The van der Waals surface area contributed by atoms with Crippen LogP contribution in [0, 0.1) is 5.82 Å². The van der Waals surface area contributed by atoms with Crippen LogP contribution < -0.4 is 5.43 Å². The summed E-state index contributed by atoms with van der Waals surface area (Å²) in [5, 5.41) is 15.3. The number of hydrogen-bond acceptors (Lipinski definition) is 4. The molecule has 8 heteroatoms. The minimum Gasteiger partial charge on any atom is -0.477 e. The molecule has 0 bridgehead atoms. The highest BCUT2D eigenvalue weighted by Crippen LogP contribution is 2.22. The van der Waals surface area contributed by atoms with Crippen molar-refractivity contribution in [3.8, 4) is 11.3 Å². The van der Waals surface area contributed by atoms with E-state index in [1.807, 2.05) is 0 Å². The van der Waals surface area contributed by atoms with Gasteiger partial charge in [0.2, 0.25) is 5.43 Å². The third kappa shape index (κ3) is 2.05. The summed E-state index contributed by atoms with van der Waals surface area (Å²) in [4.78, 5) is 27.5. The number of fused-ring (bicyclic) bond motifs is 1. The molecule has 0 saturated heterocycles. The summed E-state index contributed by atoms with van der Waals surface area (Å²) >= 11 is 0. The average Bonchev–Trinajstić information content (AvgIpc) is 3.01. The summed E-state index contributed by atoms with van der Waals surface area (Å²) in [6, 6.07) is 1.02. The van der Waals surface area contributed by atoms with Gasteiger partial charge in [-0.25, -0.2) is 14.2 Å². The largest absolute Gasteiger partial charge is 0.477 e. The maximum Gasteiger partial charge on any atom is 0.341 e. The molecule has 0 fully saturated rings. The SMILES string of the molecule is CCn1cc(C(=O)O)c(=O)c2cc(F)c(-c3cn[nH]c3)nc21. The van der Waals surface area contributed by atoms with Crippen LogP contribution in [0.5, 0.6) is 0 Å². The number of rotatable bonds is 3. The van der Waals surface area contributed by atoms with Crippen molar-refractivity contribution >= 4 is 17.0 Å². The number of nitrogens with zero attached hydrogens (tertiary/aromatic N) is 3. The number of hydrogen-bond donors (Lipinski definition) is 2. The van der Waals surface area contributed by atoms with Gasteiger partial charge in [-0.1, -0.05) is 0 Å². The topological polar surface area (TPSA) is 101 Å². The van der Waals surface area contributed by atoms with Gasteiger partial charge in [0.25, 0.3) is 0 Å². The molecule has 0 unspecified atom stereocenters. The molecular weight excluding hydrogens is 291 g/mol. The number of halogens is 1. The molecule has 0 aliphatic carbocycles. The Labute approximate surface area is 123 Å². The van der Waals surface area contributed by atoms with Crippen molar-refractivity contribution in [2.24, 2.45) is 0 Å². The van der Waals surface area contributed by atoms with Crippen LogP contribution in [0.1, 0.15) is 17.3 Å². The summed E-state index contributed by atoms with van der Waals surface area (Å²) < 4.78 is 15.7. The van der Waals surface area contributed by atoms with Crippen molar-refractivity contribution in [2.45, 2.75) is 13.5 Å². The molecule has 0 aliphatic rings. The second-order valence-corrected chi connectivity index (χ2v) is 4.64. The molecule has 22 heavy (non-hydrogen) atoms. The maximum atomic E-state index is 14.2. The molecule has 0 radical (unpaired) electrons. The molecule has 3 heterocycles. The second-order valence-electron chi connectivity index (χ2n) is 4.64. The van der Waals surface area contributed by atoms with Gasteiger partial charge >= 0.3 is 5.97 Å². The number of aromatic amines is 1. The Morgan fingerprint density at radius 3 is 2.86 bits per heavy atom. The van der Waals surface area contributed by atoms with Gasteiger partial charge in [0, 0.05) is 24.5 Å². The first-order chi connectivity index (χ1) is 10.5. The average molecular weight is 302 g/mol. The summed E-state index contributed by atoms with van der Waals surface area (Å²) in [6.45, 7) is 2.17. The van der Waals surface area contributed by atoms with E-state index in [-0.39, 0.29) is 16.7 Å². The molecule has 3 aromatic rings. The Hall–Kier alpha value is -3.03. The predicted molar refractivity (Wildman–Crippen MR) is 76.2 cm³/mol. The van der Waals surface area contributed by atoms with E-state index in [9.17, 15) is 14.0 Å². The second kappa shape index (κ2) is 5.06. The number of carbonyl (C=O) groups is 1. The Kier molecular flexibility index (Phi) is 3.21. The minimum atomic E-state index is -1.35. The number of H-pyrrole nitrogens is 1. The number of nitrogens with one attached hydrogen (secondary N) is 1. The lowest BCUT2D eigenvalue weighted by atomic mass is 10.1. The molecular formula is C14H11FN4O3. The van der Waals surface area contributed by atoms with E-state index in [0.29, 0.717) is 12.1 Å². The molecule has 0 aromatic carbocycles. The van der Waals surface area contributed by atoms with E-state index in [1.54, 1.807) is 6.92 Å². The first kappa shape index (κ1) is 13.9. The quantitative estimate of drug-likeness (QED) is 0.766. The summed E-state index contributed by atoms with van der Waals surface area (Å²) in [5.74, 6) is -2.07. The van der Waals surface area contributed by atoms with Crippen LogP contribution >= 0.6 is 0 Å². The first-order valence-electron chi connectivity index (χ1n) is 6.49. The zero-order valence-corrected chi connectivity index (χ0v) is 11.5. The molecule has 0 atom stereocenters. The third-order valence-electron chi connectivity index (χ3n) is 3.34. The Bertz CT molecular complexity index is 931. The zero-order valence-electron chi connectivity index (χ0n) is 11.5. The van der Waals surface area contributed by atoms with Crippen LogP contribution in [0.3, 0.4) is 0 Å². The molecule has 7 nitrogen and oxygen atoms in total. The first-order valence-corrected chi connectivity index (χ1v) is 6.49. The smallest absolute Gasteiger partial charge is 0.341 e. The lowest BCUT2D eigenvalue weighted by Crippen LogP contribution is -2.19. The van der Waals surface area contributed by atoms with Crippen LogP contribution in [0.4, 0.5) is 4.39 Å². The Morgan fingerprint density at radius 1 is 1.50 bits per heavy atom. The van der Waals surface area contributed by atoms with Crippen molar-refractivity contribution in [3.05, 3.63) is 46.3 Å². The van der Waals surface area contributed by atoms with E-state index < -0.39 is 22.8 Å². The highest BCUT2D eigenvalue weighted by Gasteiger charge is 2.18. The van der Waals surface area contributed by atoms with E-state index in [0.717, 1.165) is 6.07 Å². The van der Waals surface area contributed by atoms with Crippen LogP contribution in [0.15, 0.2) is 29.5 Å². The van der Waals surface area contributed by atoms with Gasteiger partial charge in [-0.05, 0) is 13.0 Å². The minimum absolute atomic E-state index is 0.0472. The molecule has 112 valence electrons. The van der Waals surface area contributed by atoms with Gasteiger partial charge in [0.05, 0.1) is 11.6 Å². The molecule has 2 N–H and O–H groups in total. The van der Waals surface area contributed by atoms with Crippen molar-refractivity contribution in [3.63, 3.8) is 0 Å². The number of carboxylic acids is 1. The van der Waals surface area contributed by atoms with Crippen LogP contribution in [0.2, 0.25) is 0 Å². The number of aromatic carboxylic acids is 1. The highest BCUT2D eigenvalue weighted by atomic mass is 19.1. The van der Waals surface area contributed by atoms with Crippen molar-refractivity contribution in [2.75, 3.05) is 0 Å². The van der Waals surface area contributed by atoms with Crippen LogP contribution in [-0.4, -0.2) is 30.8 Å². The van der Waals surface area contributed by atoms with Crippen molar-refractivity contribution in [1.29, 1.82) is 0 Å². The van der Waals surface area contributed by atoms with E-state index in [1.165, 1.54) is 23.2 Å². The fraction of sp³-hybridized carbons (Fsp3) is 0.143. The normalized spacial score (nSPS) is 11.0. The monoisotopic (exact) mass is 302 g/mol. The van der Waals surface area contributed by atoms with Crippen molar-refractivity contribution < 1.29 is 14.3 Å². The highest BCUT2D eigenvalue weighted by molar-refractivity contribution is 5.92. The van der Waals surface area contributed by atoms with Gasteiger partial charge in [-0.3, -0.25) is 9.89 Å². The van der Waals surface area contributed by atoms with Gasteiger partial charge in [0.15, 0.2) is 0 Å². The number of aryl methyl sites for hydroxylation is 1. The van der Waals surface area contributed by atoms with E-state index >= 15 is 0 Å². The molecule has 0 spiro atoms. The molecule has 0 amide bonds. The maximum absolute atomic E-state index is 14.2. The Balaban J connectivity index is 2.40. The van der Waals surface area contributed by atoms with Gasteiger partial charge in [-0.2, -0.15) is 5.10 Å². The van der Waals surface area contributed by atoms with Crippen LogP contribution in [-0.2, 0) is 6.54 Å². The standard InChI is InChI=1S/C14H11FN4O3/c1-2-19-6-9(14(21)22)12(20)8-3-10(15)11(18-13(8)19)7-4-16-17-5-7/h3-6H,2H2,1H3,(H,16,17)(H,21,22). The number of pyridine rings is 2. The summed E-state index contributed by atoms with van der Waals surface area (Å²) in [7, 11) is 0. The number of carboxylic acid groups (broad SMARTS) is 1. The lowest BCUT2D eigenvalue weighted by Gasteiger charge is -2.10.